The Balaban J connectivity index is 2.00. The van der Waals surface area contributed by atoms with E-state index in [0.717, 1.165) is 5.69 Å². The van der Waals surface area contributed by atoms with Crippen LogP contribution in [-0.4, -0.2) is 35.5 Å². The van der Waals surface area contributed by atoms with Crippen LogP contribution in [0.25, 0.3) is 0 Å². The van der Waals surface area contributed by atoms with Crippen LogP contribution in [0.5, 0.6) is 0 Å². The summed E-state index contributed by atoms with van der Waals surface area (Å²) < 4.78 is 18.2. The Labute approximate surface area is 119 Å². The van der Waals surface area contributed by atoms with Crippen molar-refractivity contribution in [1.82, 2.24) is 10.3 Å². The molecule has 0 radical (unpaired) electrons. The number of rotatable bonds is 5. The van der Waals surface area contributed by atoms with Gasteiger partial charge in [0.15, 0.2) is 0 Å². The largest absolute Gasteiger partial charge is 0.388 e. The van der Waals surface area contributed by atoms with E-state index in [1.165, 1.54) is 12.3 Å². The number of aromatic nitrogens is 1. The normalized spacial score (nSPS) is 20.1. The number of halogens is 1. The molecule has 1 aromatic heterocycles. The Kier molecular flexibility index (Phi) is 5.07. The summed E-state index contributed by atoms with van der Waals surface area (Å²) in [6, 6.07) is 3.12. The minimum atomic E-state index is -0.717. The van der Waals surface area contributed by atoms with Gasteiger partial charge in [0, 0.05) is 32.6 Å². The van der Waals surface area contributed by atoms with Gasteiger partial charge in [-0.05, 0) is 18.1 Å². The third kappa shape index (κ3) is 3.98. The monoisotopic (exact) mass is 282 g/mol. The van der Waals surface area contributed by atoms with Crippen LogP contribution >= 0.6 is 0 Å². The SMILES string of the molecule is CC(C)C(NCC1(O)CCOCC1)c1ccc(F)cn1. The molecule has 2 heterocycles. The summed E-state index contributed by atoms with van der Waals surface area (Å²) >= 11 is 0. The lowest BCUT2D eigenvalue weighted by molar-refractivity contribution is -0.0634. The molecule has 4 nitrogen and oxygen atoms in total. The molecule has 0 saturated carbocycles. The Morgan fingerprint density at radius 1 is 1.40 bits per heavy atom. The molecular formula is C15H23FN2O2. The Morgan fingerprint density at radius 3 is 2.65 bits per heavy atom. The minimum Gasteiger partial charge on any atom is -0.388 e. The molecule has 20 heavy (non-hydrogen) atoms. The first-order chi connectivity index (χ1) is 9.50. The predicted octanol–water partition coefficient (Wildman–Crippen LogP) is 2.05. The zero-order valence-electron chi connectivity index (χ0n) is 12.1. The smallest absolute Gasteiger partial charge is 0.141 e. The highest BCUT2D eigenvalue weighted by molar-refractivity contribution is 5.11. The molecule has 0 bridgehead atoms. The molecule has 1 aliphatic heterocycles. The van der Waals surface area contributed by atoms with Crippen molar-refractivity contribution in [3.63, 3.8) is 0 Å². The van der Waals surface area contributed by atoms with Gasteiger partial charge in [-0.2, -0.15) is 0 Å². The maximum absolute atomic E-state index is 13.0. The molecule has 1 aromatic rings. The highest BCUT2D eigenvalue weighted by Crippen LogP contribution is 2.24. The number of aliphatic hydroxyl groups is 1. The second kappa shape index (κ2) is 6.61. The van der Waals surface area contributed by atoms with Gasteiger partial charge in [-0.3, -0.25) is 4.98 Å². The zero-order chi connectivity index (χ0) is 14.6. The highest BCUT2D eigenvalue weighted by Gasteiger charge is 2.31. The lowest BCUT2D eigenvalue weighted by Crippen LogP contribution is -2.46. The Bertz CT molecular complexity index is 416. The first-order valence-electron chi connectivity index (χ1n) is 7.15. The van der Waals surface area contributed by atoms with Crippen LogP contribution in [0.4, 0.5) is 4.39 Å². The first kappa shape index (κ1) is 15.4. The summed E-state index contributed by atoms with van der Waals surface area (Å²) in [6.45, 7) is 5.85. The zero-order valence-corrected chi connectivity index (χ0v) is 12.1. The van der Waals surface area contributed by atoms with E-state index in [1.54, 1.807) is 6.07 Å². The quantitative estimate of drug-likeness (QED) is 0.868. The molecule has 1 atom stereocenters. The molecule has 1 aliphatic rings. The summed E-state index contributed by atoms with van der Waals surface area (Å²) in [6.07, 6.45) is 2.51. The topological polar surface area (TPSA) is 54.4 Å². The summed E-state index contributed by atoms with van der Waals surface area (Å²) in [5.41, 5.74) is 0.0860. The average molecular weight is 282 g/mol. The van der Waals surface area contributed by atoms with Crippen molar-refractivity contribution in [3.05, 3.63) is 29.8 Å². The van der Waals surface area contributed by atoms with Crippen LogP contribution in [0, 0.1) is 11.7 Å². The van der Waals surface area contributed by atoms with Crippen molar-refractivity contribution in [1.29, 1.82) is 0 Å². The third-order valence-electron chi connectivity index (χ3n) is 3.81. The van der Waals surface area contributed by atoms with Crippen LogP contribution in [0.15, 0.2) is 18.3 Å². The van der Waals surface area contributed by atoms with Gasteiger partial charge in [-0.15, -0.1) is 0 Å². The summed E-state index contributed by atoms with van der Waals surface area (Å²) in [5, 5.41) is 13.8. The second-order valence-electron chi connectivity index (χ2n) is 5.84. The van der Waals surface area contributed by atoms with E-state index in [4.69, 9.17) is 4.74 Å². The van der Waals surface area contributed by atoms with E-state index in [2.05, 4.69) is 24.1 Å². The minimum absolute atomic E-state index is 0.00229. The van der Waals surface area contributed by atoms with Crippen molar-refractivity contribution < 1.29 is 14.2 Å². The fraction of sp³-hybridized carbons (Fsp3) is 0.667. The fourth-order valence-corrected chi connectivity index (χ4v) is 2.48. The summed E-state index contributed by atoms with van der Waals surface area (Å²) in [4.78, 5) is 4.14. The number of nitrogens with one attached hydrogen (secondary N) is 1. The number of ether oxygens (including phenoxy) is 1. The fourth-order valence-electron chi connectivity index (χ4n) is 2.48. The summed E-state index contributed by atoms with van der Waals surface area (Å²) in [5.74, 6) is -0.0317. The molecule has 1 fully saturated rings. The molecule has 1 saturated heterocycles. The van der Waals surface area contributed by atoms with Crippen LogP contribution in [0.1, 0.15) is 38.4 Å². The van der Waals surface area contributed by atoms with Crippen LogP contribution in [0.2, 0.25) is 0 Å². The Hall–Kier alpha value is -1.04. The van der Waals surface area contributed by atoms with Crippen molar-refractivity contribution in [3.8, 4) is 0 Å². The molecule has 5 heteroatoms. The van der Waals surface area contributed by atoms with E-state index in [0.29, 0.717) is 38.5 Å². The molecule has 2 N–H and O–H groups in total. The van der Waals surface area contributed by atoms with Gasteiger partial charge in [0.2, 0.25) is 0 Å². The average Bonchev–Trinajstić information content (AvgIpc) is 2.41. The van der Waals surface area contributed by atoms with Gasteiger partial charge in [-0.1, -0.05) is 13.8 Å². The van der Waals surface area contributed by atoms with Crippen LogP contribution in [0.3, 0.4) is 0 Å². The summed E-state index contributed by atoms with van der Waals surface area (Å²) in [7, 11) is 0. The van der Waals surface area contributed by atoms with Crippen molar-refractivity contribution in [2.75, 3.05) is 19.8 Å². The highest BCUT2D eigenvalue weighted by atomic mass is 19.1. The lowest BCUT2D eigenvalue weighted by atomic mass is 9.92. The third-order valence-corrected chi connectivity index (χ3v) is 3.81. The van der Waals surface area contributed by atoms with Crippen molar-refractivity contribution in [2.45, 2.75) is 38.3 Å². The molecule has 0 spiro atoms. The van der Waals surface area contributed by atoms with Gasteiger partial charge >= 0.3 is 0 Å². The van der Waals surface area contributed by atoms with E-state index in [-0.39, 0.29) is 11.9 Å². The molecule has 112 valence electrons. The van der Waals surface area contributed by atoms with Crippen molar-refractivity contribution >= 4 is 0 Å². The van der Waals surface area contributed by atoms with E-state index < -0.39 is 5.60 Å². The second-order valence-corrected chi connectivity index (χ2v) is 5.84. The van der Waals surface area contributed by atoms with Crippen LogP contribution in [-0.2, 0) is 4.74 Å². The van der Waals surface area contributed by atoms with Gasteiger partial charge in [0.1, 0.15) is 5.82 Å². The van der Waals surface area contributed by atoms with Gasteiger partial charge in [-0.25, -0.2) is 4.39 Å². The van der Waals surface area contributed by atoms with Gasteiger partial charge in [0.05, 0.1) is 23.5 Å². The lowest BCUT2D eigenvalue weighted by Gasteiger charge is -2.34. The molecular weight excluding hydrogens is 259 g/mol. The van der Waals surface area contributed by atoms with Gasteiger partial charge < -0.3 is 15.2 Å². The van der Waals surface area contributed by atoms with Gasteiger partial charge in [0.25, 0.3) is 0 Å². The maximum atomic E-state index is 13.0. The first-order valence-corrected chi connectivity index (χ1v) is 7.15. The molecule has 0 aliphatic carbocycles. The van der Waals surface area contributed by atoms with E-state index in [1.807, 2.05) is 0 Å². The standard InChI is InChI=1S/C15H23FN2O2/c1-11(2)14(13-4-3-12(16)9-17-13)18-10-15(19)5-7-20-8-6-15/h3-4,9,11,14,18-19H,5-8,10H2,1-2H3. The van der Waals surface area contributed by atoms with Crippen molar-refractivity contribution in [2.24, 2.45) is 5.92 Å². The Morgan fingerprint density at radius 2 is 2.10 bits per heavy atom. The molecule has 0 aromatic carbocycles. The van der Waals surface area contributed by atoms with E-state index in [9.17, 15) is 9.50 Å². The number of hydrogen-bond acceptors (Lipinski definition) is 4. The van der Waals surface area contributed by atoms with Crippen LogP contribution < -0.4 is 5.32 Å². The predicted molar refractivity (Wildman–Crippen MR) is 74.8 cm³/mol. The number of pyridine rings is 1. The molecule has 1 unspecified atom stereocenters. The molecule has 0 amide bonds. The van der Waals surface area contributed by atoms with E-state index >= 15 is 0 Å². The molecule has 2 rings (SSSR count). The maximum Gasteiger partial charge on any atom is 0.141 e. The number of hydrogen-bond donors (Lipinski definition) is 2. The number of nitrogens with zero attached hydrogens (tertiary/aromatic N) is 1.